The van der Waals surface area contributed by atoms with Gasteiger partial charge >= 0.3 is 0 Å². The molecule has 2 nitrogen and oxygen atoms in total. The lowest BCUT2D eigenvalue weighted by molar-refractivity contribution is 0.0456. The standard InChI is InChI=1S/C5H11BO2/c1-3-4(7)2-5(6)8-3/h3-5,7H,2,6H2,1H3/t3-,4?,5-/m1/s1. The maximum absolute atomic E-state index is 9.04. The van der Waals surface area contributed by atoms with Crippen molar-refractivity contribution in [2.75, 3.05) is 0 Å². The van der Waals surface area contributed by atoms with E-state index in [9.17, 15) is 0 Å². The van der Waals surface area contributed by atoms with Gasteiger partial charge in [0.1, 0.15) is 7.85 Å². The average Bonchev–Trinajstić information content (AvgIpc) is 1.85. The van der Waals surface area contributed by atoms with E-state index in [-0.39, 0.29) is 18.2 Å². The van der Waals surface area contributed by atoms with Gasteiger partial charge in [-0.05, 0) is 13.3 Å². The molecule has 1 heterocycles. The summed E-state index contributed by atoms with van der Waals surface area (Å²) in [7, 11) is 1.98. The van der Waals surface area contributed by atoms with E-state index >= 15 is 0 Å². The fourth-order valence-corrected chi connectivity index (χ4v) is 1.04. The second-order valence-corrected chi connectivity index (χ2v) is 2.45. The van der Waals surface area contributed by atoms with E-state index in [1.165, 1.54) is 0 Å². The Morgan fingerprint density at radius 1 is 1.75 bits per heavy atom. The Labute approximate surface area is 50.3 Å². The number of hydrogen-bond donors (Lipinski definition) is 1. The summed E-state index contributed by atoms with van der Waals surface area (Å²) in [4.78, 5) is 0. The smallest absolute Gasteiger partial charge is 0.139 e. The molecule has 0 bridgehead atoms. The highest BCUT2D eigenvalue weighted by Gasteiger charge is 2.26. The van der Waals surface area contributed by atoms with Gasteiger partial charge in [-0.15, -0.1) is 0 Å². The Hall–Kier alpha value is -0.0151. The Balaban J connectivity index is 2.39. The van der Waals surface area contributed by atoms with E-state index in [1.54, 1.807) is 0 Å². The molecule has 0 aliphatic carbocycles. The van der Waals surface area contributed by atoms with Crippen LogP contribution in [0, 0.1) is 0 Å². The van der Waals surface area contributed by atoms with E-state index in [0.717, 1.165) is 6.42 Å². The molecule has 8 heavy (non-hydrogen) atoms. The monoisotopic (exact) mass is 114 g/mol. The molecule has 1 N–H and O–H groups in total. The Bertz CT molecular complexity index is 76.5. The average molecular weight is 114 g/mol. The molecule has 0 radical (unpaired) electrons. The van der Waals surface area contributed by atoms with Gasteiger partial charge in [-0.2, -0.15) is 0 Å². The molecule has 0 aromatic carbocycles. The van der Waals surface area contributed by atoms with Crippen molar-refractivity contribution in [1.29, 1.82) is 0 Å². The number of ether oxygens (including phenoxy) is 1. The summed E-state index contributed by atoms with van der Waals surface area (Å²) >= 11 is 0. The minimum absolute atomic E-state index is 0.0463. The molecule has 46 valence electrons. The summed E-state index contributed by atoms with van der Waals surface area (Å²) in [6, 6.07) is 0.250. The third kappa shape index (κ3) is 1.04. The van der Waals surface area contributed by atoms with Gasteiger partial charge in [0.15, 0.2) is 0 Å². The molecule has 3 heteroatoms. The van der Waals surface area contributed by atoms with Crippen LogP contribution in [0.5, 0.6) is 0 Å². The molecule has 0 aromatic heterocycles. The van der Waals surface area contributed by atoms with Gasteiger partial charge in [-0.1, -0.05) is 0 Å². The highest BCUT2D eigenvalue weighted by atomic mass is 16.5. The van der Waals surface area contributed by atoms with Crippen molar-refractivity contribution in [3.05, 3.63) is 0 Å². The lowest BCUT2D eigenvalue weighted by Crippen LogP contribution is -2.15. The van der Waals surface area contributed by atoms with Gasteiger partial charge in [-0.25, -0.2) is 0 Å². The van der Waals surface area contributed by atoms with Crippen LogP contribution in [-0.4, -0.2) is 31.2 Å². The van der Waals surface area contributed by atoms with Crippen LogP contribution < -0.4 is 0 Å². The normalized spacial score (nSPS) is 47.5. The maximum atomic E-state index is 9.04. The second kappa shape index (κ2) is 2.07. The fourth-order valence-electron chi connectivity index (χ4n) is 1.04. The highest BCUT2D eigenvalue weighted by molar-refractivity contribution is 6.11. The molecule has 0 spiro atoms. The van der Waals surface area contributed by atoms with Gasteiger partial charge in [-0.3, -0.25) is 0 Å². The van der Waals surface area contributed by atoms with Crippen molar-refractivity contribution in [3.8, 4) is 0 Å². The van der Waals surface area contributed by atoms with Crippen LogP contribution in [0.1, 0.15) is 13.3 Å². The van der Waals surface area contributed by atoms with Gasteiger partial charge < -0.3 is 9.84 Å². The lowest BCUT2D eigenvalue weighted by atomic mass is 9.96. The predicted octanol–water partition coefficient (Wildman–Crippen LogP) is -0.885. The van der Waals surface area contributed by atoms with Crippen LogP contribution in [0.3, 0.4) is 0 Å². The topological polar surface area (TPSA) is 29.5 Å². The molecule has 1 fully saturated rings. The summed E-state index contributed by atoms with van der Waals surface area (Å²) in [5, 5.41) is 9.04. The summed E-state index contributed by atoms with van der Waals surface area (Å²) in [5.41, 5.74) is 0. The molecule has 1 aliphatic rings. The number of aliphatic hydroxyl groups is 1. The summed E-state index contributed by atoms with van der Waals surface area (Å²) in [5.74, 6) is 0. The van der Waals surface area contributed by atoms with Crippen molar-refractivity contribution in [3.63, 3.8) is 0 Å². The first-order valence-electron chi connectivity index (χ1n) is 3.03. The van der Waals surface area contributed by atoms with Crippen LogP contribution in [0.2, 0.25) is 0 Å². The van der Waals surface area contributed by atoms with Crippen LogP contribution in [-0.2, 0) is 4.74 Å². The van der Waals surface area contributed by atoms with Crippen molar-refractivity contribution in [1.82, 2.24) is 0 Å². The van der Waals surface area contributed by atoms with Crippen LogP contribution in [0.4, 0.5) is 0 Å². The molecule has 1 unspecified atom stereocenters. The van der Waals surface area contributed by atoms with E-state index in [4.69, 9.17) is 9.84 Å². The van der Waals surface area contributed by atoms with E-state index in [0.29, 0.717) is 0 Å². The third-order valence-electron chi connectivity index (χ3n) is 1.56. The van der Waals surface area contributed by atoms with E-state index < -0.39 is 0 Å². The maximum Gasteiger partial charge on any atom is 0.139 e. The van der Waals surface area contributed by atoms with Gasteiger partial charge in [0.2, 0.25) is 0 Å². The van der Waals surface area contributed by atoms with Gasteiger partial charge in [0.05, 0.1) is 12.2 Å². The largest absolute Gasteiger partial charge is 0.390 e. The molecule has 3 atom stereocenters. The number of hydrogen-bond acceptors (Lipinski definition) is 2. The highest BCUT2D eigenvalue weighted by Crippen LogP contribution is 2.16. The van der Waals surface area contributed by atoms with Crippen molar-refractivity contribution in [2.24, 2.45) is 0 Å². The third-order valence-corrected chi connectivity index (χ3v) is 1.56. The van der Waals surface area contributed by atoms with Crippen LogP contribution in [0.15, 0.2) is 0 Å². The molecule has 1 rings (SSSR count). The minimum atomic E-state index is -0.231. The van der Waals surface area contributed by atoms with E-state index in [2.05, 4.69) is 0 Å². The first-order chi connectivity index (χ1) is 3.70. The SMILES string of the molecule is B[C@H]1CC(O)[C@@H](C)O1. The van der Waals surface area contributed by atoms with E-state index in [1.807, 2.05) is 14.8 Å². The van der Waals surface area contributed by atoms with Crippen molar-refractivity contribution < 1.29 is 9.84 Å². The Morgan fingerprint density at radius 3 is 2.50 bits per heavy atom. The second-order valence-electron chi connectivity index (χ2n) is 2.45. The minimum Gasteiger partial charge on any atom is -0.390 e. The molecular weight excluding hydrogens is 103 g/mol. The molecule has 0 saturated carbocycles. The van der Waals surface area contributed by atoms with Crippen LogP contribution in [0.25, 0.3) is 0 Å². The predicted molar refractivity (Wildman–Crippen MR) is 33.5 cm³/mol. The molecule has 1 aliphatic heterocycles. The Morgan fingerprint density at radius 2 is 2.38 bits per heavy atom. The number of aliphatic hydroxyl groups excluding tert-OH is 1. The zero-order valence-electron chi connectivity index (χ0n) is 5.29. The Kier molecular flexibility index (Phi) is 1.58. The van der Waals surface area contributed by atoms with Crippen molar-refractivity contribution in [2.45, 2.75) is 31.6 Å². The first-order valence-corrected chi connectivity index (χ1v) is 3.03. The summed E-state index contributed by atoms with van der Waals surface area (Å²) < 4.78 is 5.22. The zero-order chi connectivity index (χ0) is 6.15. The quantitative estimate of drug-likeness (QED) is 0.414. The van der Waals surface area contributed by atoms with Crippen LogP contribution >= 0.6 is 0 Å². The summed E-state index contributed by atoms with van der Waals surface area (Å²) in [6.07, 6.45) is 0.608. The summed E-state index contributed by atoms with van der Waals surface area (Å²) in [6.45, 7) is 1.90. The van der Waals surface area contributed by atoms with Gasteiger partial charge in [0, 0.05) is 6.00 Å². The van der Waals surface area contributed by atoms with Crippen molar-refractivity contribution >= 4 is 7.85 Å². The van der Waals surface area contributed by atoms with Gasteiger partial charge in [0.25, 0.3) is 0 Å². The molecular formula is C5H11BO2. The molecule has 0 aromatic rings. The molecule has 1 saturated heterocycles. The number of rotatable bonds is 0. The zero-order valence-corrected chi connectivity index (χ0v) is 5.29. The fraction of sp³-hybridized carbons (Fsp3) is 1.00. The molecule has 0 amide bonds. The lowest BCUT2D eigenvalue weighted by Gasteiger charge is -2.04. The first kappa shape index (κ1) is 6.11.